The largest absolute Gasteiger partial charge is 0.366 e. The molecular formula is C12H17FN2S. The number of nitrogens with zero attached hydrogens (tertiary/aromatic N) is 1. The maximum atomic E-state index is 13.8. The molecule has 88 valence electrons. The summed E-state index contributed by atoms with van der Waals surface area (Å²) < 4.78 is 13.8. The minimum atomic E-state index is -0.104. The lowest BCUT2D eigenvalue weighted by atomic mass is 10.2. The van der Waals surface area contributed by atoms with E-state index in [-0.39, 0.29) is 5.82 Å². The van der Waals surface area contributed by atoms with Crippen LogP contribution in [0.15, 0.2) is 23.1 Å². The molecule has 0 aromatic heterocycles. The molecule has 0 saturated carbocycles. The maximum Gasteiger partial charge on any atom is 0.147 e. The Hall–Kier alpha value is -0.740. The van der Waals surface area contributed by atoms with E-state index in [1.54, 1.807) is 23.9 Å². The zero-order valence-electron chi connectivity index (χ0n) is 9.66. The second-order valence-electron chi connectivity index (χ2n) is 4.06. The molecule has 1 atom stereocenters. The molecule has 1 aromatic rings. The average molecular weight is 240 g/mol. The third kappa shape index (κ3) is 2.33. The van der Waals surface area contributed by atoms with Crippen molar-refractivity contribution in [1.29, 1.82) is 0 Å². The zero-order valence-corrected chi connectivity index (χ0v) is 10.5. The summed E-state index contributed by atoms with van der Waals surface area (Å²) in [4.78, 5) is 3.21. The van der Waals surface area contributed by atoms with Crippen LogP contribution in [0.5, 0.6) is 0 Å². The molecule has 1 aliphatic heterocycles. The van der Waals surface area contributed by atoms with Crippen molar-refractivity contribution in [3.8, 4) is 0 Å². The number of fused-ring (bicyclic) bond motifs is 1. The van der Waals surface area contributed by atoms with Crippen LogP contribution in [-0.4, -0.2) is 31.9 Å². The van der Waals surface area contributed by atoms with E-state index >= 15 is 0 Å². The van der Waals surface area contributed by atoms with Crippen molar-refractivity contribution in [3.05, 3.63) is 24.0 Å². The monoisotopic (exact) mass is 240 g/mol. The van der Waals surface area contributed by atoms with E-state index in [2.05, 4.69) is 17.1 Å². The number of hydrogen-bond acceptors (Lipinski definition) is 3. The van der Waals surface area contributed by atoms with E-state index in [1.807, 2.05) is 13.1 Å². The quantitative estimate of drug-likeness (QED) is 0.873. The smallest absolute Gasteiger partial charge is 0.147 e. The molecule has 1 heterocycles. The van der Waals surface area contributed by atoms with Crippen LogP contribution < -0.4 is 10.2 Å². The topological polar surface area (TPSA) is 15.3 Å². The molecule has 0 spiro atoms. The number of rotatable bonds is 3. The molecule has 0 amide bonds. The maximum absolute atomic E-state index is 13.8. The van der Waals surface area contributed by atoms with E-state index in [1.165, 1.54) is 0 Å². The van der Waals surface area contributed by atoms with Crippen LogP contribution >= 0.6 is 11.8 Å². The number of thioether (sulfide) groups is 1. The highest BCUT2D eigenvalue weighted by Crippen LogP contribution is 2.39. The number of halogens is 1. The first-order valence-electron chi connectivity index (χ1n) is 5.57. The van der Waals surface area contributed by atoms with E-state index in [0.717, 1.165) is 30.2 Å². The Balaban J connectivity index is 2.28. The van der Waals surface area contributed by atoms with Gasteiger partial charge in [0.05, 0.1) is 5.69 Å². The second-order valence-corrected chi connectivity index (χ2v) is 5.54. The predicted octanol–water partition coefficient (Wildman–Crippen LogP) is 2.35. The molecular weight excluding hydrogens is 223 g/mol. The van der Waals surface area contributed by atoms with E-state index in [0.29, 0.717) is 5.25 Å². The lowest BCUT2D eigenvalue weighted by Gasteiger charge is -2.34. The summed E-state index contributed by atoms with van der Waals surface area (Å²) in [7, 11) is 1.92. The van der Waals surface area contributed by atoms with Gasteiger partial charge < -0.3 is 10.2 Å². The van der Waals surface area contributed by atoms with Crippen molar-refractivity contribution in [2.75, 3.05) is 31.6 Å². The lowest BCUT2D eigenvalue weighted by Crippen LogP contribution is -2.38. The van der Waals surface area contributed by atoms with E-state index in [9.17, 15) is 4.39 Å². The normalized spacial score (nSPS) is 19.7. The van der Waals surface area contributed by atoms with Crippen molar-refractivity contribution >= 4 is 17.4 Å². The Labute approximate surface area is 100 Å². The Morgan fingerprint density at radius 3 is 3.12 bits per heavy atom. The number of nitrogens with one attached hydrogen (secondary N) is 1. The summed E-state index contributed by atoms with van der Waals surface area (Å²) >= 11 is 1.76. The number of benzene rings is 1. The lowest BCUT2D eigenvalue weighted by molar-refractivity contribution is 0.604. The van der Waals surface area contributed by atoms with Crippen molar-refractivity contribution < 1.29 is 4.39 Å². The minimum Gasteiger partial charge on any atom is -0.366 e. The molecule has 2 nitrogen and oxygen atoms in total. The minimum absolute atomic E-state index is 0.104. The fourth-order valence-corrected chi connectivity index (χ4v) is 3.19. The number of hydrogen-bond donors (Lipinski definition) is 1. The van der Waals surface area contributed by atoms with Crippen molar-refractivity contribution in [1.82, 2.24) is 5.32 Å². The fourth-order valence-electron chi connectivity index (χ4n) is 2.00. The van der Waals surface area contributed by atoms with Gasteiger partial charge in [-0.25, -0.2) is 4.39 Å². The van der Waals surface area contributed by atoms with Gasteiger partial charge in [0.15, 0.2) is 0 Å². The van der Waals surface area contributed by atoms with Crippen LogP contribution in [-0.2, 0) is 0 Å². The average Bonchev–Trinajstić information content (AvgIpc) is 2.25. The van der Waals surface area contributed by atoms with Crippen LogP contribution in [0.4, 0.5) is 10.1 Å². The van der Waals surface area contributed by atoms with Gasteiger partial charge in [-0.1, -0.05) is 13.0 Å². The highest BCUT2D eigenvalue weighted by atomic mass is 32.2. The Bertz CT molecular complexity index is 370. The van der Waals surface area contributed by atoms with Gasteiger partial charge in [0.25, 0.3) is 0 Å². The van der Waals surface area contributed by atoms with Gasteiger partial charge >= 0.3 is 0 Å². The molecule has 1 aliphatic rings. The van der Waals surface area contributed by atoms with Gasteiger partial charge in [-0.15, -0.1) is 11.8 Å². The van der Waals surface area contributed by atoms with Crippen LogP contribution in [0.3, 0.4) is 0 Å². The first-order valence-corrected chi connectivity index (χ1v) is 6.45. The second kappa shape index (κ2) is 5.06. The molecule has 4 heteroatoms. The Kier molecular flexibility index (Phi) is 3.71. The zero-order chi connectivity index (χ0) is 11.5. The first-order chi connectivity index (χ1) is 7.72. The van der Waals surface area contributed by atoms with E-state index in [4.69, 9.17) is 0 Å². The molecule has 2 rings (SSSR count). The Morgan fingerprint density at radius 1 is 1.56 bits per heavy atom. The standard InChI is InChI=1S/C12H17FN2S/c1-9-8-15(7-6-14-2)12-10(13)4-3-5-11(12)16-9/h3-5,9,14H,6-8H2,1-2H3. The van der Waals surface area contributed by atoms with Gasteiger partial charge in [0, 0.05) is 29.8 Å². The van der Waals surface area contributed by atoms with Gasteiger partial charge in [0.1, 0.15) is 5.82 Å². The fraction of sp³-hybridized carbons (Fsp3) is 0.500. The summed E-state index contributed by atoms with van der Waals surface area (Å²) in [6.45, 7) is 4.84. The van der Waals surface area contributed by atoms with Gasteiger partial charge in [-0.2, -0.15) is 0 Å². The molecule has 0 fully saturated rings. The van der Waals surface area contributed by atoms with Crippen LogP contribution in [0.1, 0.15) is 6.92 Å². The SMILES string of the molecule is CNCCN1CC(C)Sc2cccc(F)c21. The van der Waals surface area contributed by atoms with Gasteiger partial charge in [-0.05, 0) is 19.2 Å². The molecule has 1 N–H and O–H groups in total. The third-order valence-electron chi connectivity index (χ3n) is 2.70. The van der Waals surface area contributed by atoms with Gasteiger partial charge in [-0.3, -0.25) is 0 Å². The van der Waals surface area contributed by atoms with Crippen LogP contribution in [0, 0.1) is 5.82 Å². The van der Waals surface area contributed by atoms with Crippen molar-refractivity contribution in [2.45, 2.75) is 17.1 Å². The summed E-state index contributed by atoms with van der Waals surface area (Å²) in [6, 6.07) is 5.34. The molecule has 1 unspecified atom stereocenters. The van der Waals surface area contributed by atoms with Crippen molar-refractivity contribution in [3.63, 3.8) is 0 Å². The highest BCUT2D eigenvalue weighted by Gasteiger charge is 2.24. The van der Waals surface area contributed by atoms with Crippen LogP contribution in [0.25, 0.3) is 0 Å². The predicted molar refractivity (Wildman–Crippen MR) is 67.9 cm³/mol. The highest BCUT2D eigenvalue weighted by molar-refractivity contribution is 8.00. The first kappa shape index (κ1) is 11.7. The molecule has 0 radical (unpaired) electrons. The van der Waals surface area contributed by atoms with Gasteiger partial charge in [0.2, 0.25) is 0 Å². The molecule has 1 aromatic carbocycles. The van der Waals surface area contributed by atoms with Crippen LogP contribution in [0.2, 0.25) is 0 Å². The van der Waals surface area contributed by atoms with E-state index < -0.39 is 0 Å². The Morgan fingerprint density at radius 2 is 2.38 bits per heavy atom. The number of para-hydroxylation sites is 1. The molecule has 0 bridgehead atoms. The molecule has 16 heavy (non-hydrogen) atoms. The number of anilines is 1. The number of likely N-dealkylation sites (N-methyl/N-ethyl adjacent to an activating group) is 1. The summed E-state index contributed by atoms with van der Waals surface area (Å²) in [5.74, 6) is -0.104. The summed E-state index contributed by atoms with van der Waals surface area (Å²) in [5, 5.41) is 3.63. The summed E-state index contributed by atoms with van der Waals surface area (Å²) in [6.07, 6.45) is 0. The summed E-state index contributed by atoms with van der Waals surface area (Å²) in [5.41, 5.74) is 0.779. The van der Waals surface area contributed by atoms with Crippen molar-refractivity contribution in [2.24, 2.45) is 0 Å². The molecule has 0 saturated heterocycles. The third-order valence-corrected chi connectivity index (χ3v) is 3.84. The molecule has 0 aliphatic carbocycles.